The van der Waals surface area contributed by atoms with E-state index in [1.54, 1.807) is 0 Å². The number of carbonyl (C=O) groups excluding carboxylic acids is 1. The molecule has 0 aliphatic heterocycles. The van der Waals surface area contributed by atoms with Gasteiger partial charge in [0.05, 0.1) is 11.5 Å². The first-order valence-corrected chi connectivity index (χ1v) is 9.75. The maximum Gasteiger partial charge on any atom is 0.339 e. The van der Waals surface area contributed by atoms with Crippen LogP contribution in [0, 0.1) is 0 Å². The maximum atomic E-state index is 13.2. The molecule has 0 saturated heterocycles. The standard InChI is InChI=1S/C22H19NO3S/c24-20(23-21-19(22(25)26)16-12-7-13-17(16)27-21)18(14-8-3-1-4-9-14)15-10-5-2-6-11-15/h1-6,8-11,18H,7,12-13H2,(H,23,24)(H,25,26). The van der Waals surface area contributed by atoms with E-state index in [1.807, 2.05) is 60.7 Å². The number of rotatable bonds is 5. The molecule has 0 bridgehead atoms. The molecule has 4 nitrogen and oxygen atoms in total. The molecular weight excluding hydrogens is 358 g/mol. The smallest absolute Gasteiger partial charge is 0.339 e. The van der Waals surface area contributed by atoms with Crippen molar-refractivity contribution in [3.63, 3.8) is 0 Å². The van der Waals surface area contributed by atoms with Gasteiger partial charge in [0.15, 0.2) is 0 Å². The maximum absolute atomic E-state index is 13.2. The molecule has 0 atom stereocenters. The minimum Gasteiger partial charge on any atom is -0.478 e. The van der Waals surface area contributed by atoms with Crippen molar-refractivity contribution in [1.82, 2.24) is 0 Å². The van der Waals surface area contributed by atoms with Crippen LogP contribution in [0.15, 0.2) is 60.7 Å². The van der Waals surface area contributed by atoms with Crippen LogP contribution in [0.3, 0.4) is 0 Å². The van der Waals surface area contributed by atoms with Gasteiger partial charge in [-0.1, -0.05) is 60.7 Å². The highest BCUT2D eigenvalue weighted by atomic mass is 32.1. The lowest BCUT2D eigenvalue weighted by molar-refractivity contribution is -0.116. The van der Waals surface area contributed by atoms with Gasteiger partial charge < -0.3 is 10.4 Å². The molecule has 1 amide bonds. The molecule has 1 aliphatic rings. The van der Waals surface area contributed by atoms with E-state index in [0.717, 1.165) is 40.8 Å². The first-order valence-electron chi connectivity index (χ1n) is 8.93. The molecule has 0 fully saturated rings. The van der Waals surface area contributed by atoms with Gasteiger partial charge in [-0.2, -0.15) is 0 Å². The Labute approximate surface area is 161 Å². The molecule has 5 heteroatoms. The predicted molar refractivity (Wildman–Crippen MR) is 107 cm³/mol. The van der Waals surface area contributed by atoms with Gasteiger partial charge in [-0.15, -0.1) is 11.3 Å². The second kappa shape index (κ2) is 7.37. The fraction of sp³-hybridized carbons (Fsp3) is 0.182. The van der Waals surface area contributed by atoms with Crippen LogP contribution in [0.25, 0.3) is 0 Å². The van der Waals surface area contributed by atoms with Crippen LogP contribution in [0.1, 0.15) is 44.3 Å². The Morgan fingerprint density at radius 2 is 1.52 bits per heavy atom. The molecule has 27 heavy (non-hydrogen) atoms. The van der Waals surface area contributed by atoms with E-state index in [-0.39, 0.29) is 11.5 Å². The van der Waals surface area contributed by atoms with E-state index in [2.05, 4.69) is 5.32 Å². The first kappa shape index (κ1) is 17.5. The summed E-state index contributed by atoms with van der Waals surface area (Å²) < 4.78 is 0. The van der Waals surface area contributed by atoms with Crippen LogP contribution in [0.2, 0.25) is 0 Å². The minimum absolute atomic E-state index is 0.213. The predicted octanol–water partition coefficient (Wildman–Crippen LogP) is 4.71. The van der Waals surface area contributed by atoms with Gasteiger partial charge in [0.2, 0.25) is 5.91 Å². The highest BCUT2D eigenvalue weighted by molar-refractivity contribution is 7.17. The number of amides is 1. The highest BCUT2D eigenvalue weighted by Crippen LogP contribution is 2.40. The third-order valence-electron chi connectivity index (χ3n) is 4.90. The number of anilines is 1. The van der Waals surface area contributed by atoms with Gasteiger partial charge in [0.1, 0.15) is 5.00 Å². The van der Waals surface area contributed by atoms with Gasteiger partial charge in [0, 0.05) is 4.88 Å². The molecule has 0 radical (unpaired) electrons. The number of carbonyl (C=O) groups is 2. The van der Waals surface area contributed by atoms with Gasteiger partial charge in [-0.3, -0.25) is 4.79 Å². The fourth-order valence-corrected chi connectivity index (χ4v) is 4.97. The molecule has 1 heterocycles. The molecular formula is C22H19NO3S. The fourth-order valence-electron chi connectivity index (χ4n) is 3.69. The van der Waals surface area contributed by atoms with Crippen LogP contribution in [-0.4, -0.2) is 17.0 Å². The van der Waals surface area contributed by atoms with E-state index in [4.69, 9.17) is 0 Å². The summed E-state index contributed by atoms with van der Waals surface area (Å²) in [6.45, 7) is 0. The summed E-state index contributed by atoms with van der Waals surface area (Å²) >= 11 is 1.40. The molecule has 0 unspecified atom stereocenters. The highest BCUT2D eigenvalue weighted by Gasteiger charge is 2.29. The van der Waals surface area contributed by atoms with E-state index >= 15 is 0 Å². The number of aromatic carboxylic acids is 1. The summed E-state index contributed by atoms with van der Waals surface area (Å²) in [4.78, 5) is 26.1. The zero-order valence-electron chi connectivity index (χ0n) is 14.6. The van der Waals surface area contributed by atoms with Crippen molar-refractivity contribution in [2.45, 2.75) is 25.2 Å². The van der Waals surface area contributed by atoms with Crippen molar-refractivity contribution >= 4 is 28.2 Å². The Bertz CT molecular complexity index is 940. The molecule has 0 spiro atoms. The number of carboxylic acids is 1. The van der Waals surface area contributed by atoms with Crippen molar-refractivity contribution in [1.29, 1.82) is 0 Å². The monoisotopic (exact) mass is 377 g/mol. The van der Waals surface area contributed by atoms with E-state index in [1.165, 1.54) is 11.3 Å². The number of nitrogens with one attached hydrogen (secondary N) is 1. The minimum atomic E-state index is -0.972. The average Bonchev–Trinajstić information content (AvgIpc) is 3.24. The van der Waals surface area contributed by atoms with Crippen LogP contribution < -0.4 is 5.32 Å². The van der Waals surface area contributed by atoms with Gasteiger partial charge in [0.25, 0.3) is 0 Å². The Morgan fingerprint density at radius 3 is 2.07 bits per heavy atom. The van der Waals surface area contributed by atoms with Crippen molar-refractivity contribution < 1.29 is 14.7 Å². The number of benzene rings is 2. The third kappa shape index (κ3) is 3.38. The summed E-state index contributed by atoms with van der Waals surface area (Å²) in [5.41, 5.74) is 2.91. The zero-order chi connectivity index (χ0) is 18.8. The second-order valence-electron chi connectivity index (χ2n) is 6.61. The lowest BCUT2D eigenvalue weighted by Crippen LogP contribution is -2.22. The molecule has 1 aromatic heterocycles. The van der Waals surface area contributed by atoms with Crippen LogP contribution in [0.4, 0.5) is 5.00 Å². The molecule has 136 valence electrons. The van der Waals surface area contributed by atoms with Gasteiger partial charge in [-0.05, 0) is 36.0 Å². The van der Waals surface area contributed by atoms with Crippen LogP contribution >= 0.6 is 11.3 Å². The number of thiophene rings is 1. The average molecular weight is 377 g/mol. The van der Waals surface area contributed by atoms with Crippen LogP contribution in [0.5, 0.6) is 0 Å². The Hall–Kier alpha value is -2.92. The molecule has 4 rings (SSSR count). The van der Waals surface area contributed by atoms with Gasteiger partial charge in [-0.25, -0.2) is 4.79 Å². The Balaban J connectivity index is 1.71. The summed E-state index contributed by atoms with van der Waals surface area (Å²) in [7, 11) is 0. The van der Waals surface area contributed by atoms with Crippen molar-refractivity contribution in [3.8, 4) is 0 Å². The molecule has 1 aliphatic carbocycles. The van der Waals surface area contributed by atoms with Crippen molar-refractivity contribution in [2.24, 2.45) is 0 Å². The lowest BCUT2D eigenvalue weighted by atomic mass is 9.90. The van der Waals surface area contributed by atoms with Crippen molar-refractivity contribution in [2.75, 3.05) is 5.32 Å². The zero-order valence-corrected chi connectivity index (χ0v) is 15.5. The number of fused-ring (bicyclic) bond motifs is 1. The Morgan fingerprint density at radius 1 is 0.926 bits per heavy atom. The number of carboxylic acid groups (broad SMARTS) is 1. The third-order valence-corrected chi connectivity index (χ3v) is 6.11. The Kier molecular flexibility index (Phi) is 4.77. The topological polar surface area (TPSA) is 66.4 Å². The molecule has 0 saturated carbocycles. The quantitative estimate of drug-likeness (QED) is 0.677. The SMILES string of the molecule is O=C(O)c1c(NC(=O)C(c2ccccc2)c2ccccc2)sc2c1CCC2. The summed E-state index contributed by atoms with van der Waals surface area (Å²) in [6, 6.07) is 19.1. The van der Waals surface area contributed by atoms with Crippen molar-refractivity contribution in [3.05, 3.63) is 87.8 Å². The molecule has 2 aromatic carbocycles. The second-order valence-corrected chi connectivity index (χ2v) is 7.72. The molecule has 2 N–H and O–H groups in total. The number of hydrogen-bond donors (Lipinski definition) is 2. The normalized spacial score (nSPS) is 12.8. The number of hydrogen-bond acceptors (Lipinski definition) is 3. The summed E-state index contributed by atoms with van der Waals surface area (Å²) in [5.74, 6) is -1.68. The largest absolute Gasteiger partial charge is 0.478 e. The molecule has 3 aromatic rings. The van der Waals surface area contributed by atoms with E-state index < -0.39 is 11.9 Å². The lowest BCUT2D eigenvalue weighted by Gasteiger charge is -2.18. The number of aryl methyl sites for hydroxylation is 1. The van der Waals surface area contributed by atoms with E-state index in [0.29, 0.717) is 5.00 Å². The first-order chi connectivity index (χ1) is 13.1. The van der Waals surface area contributed by atoms with Crippen LogP contribution in [-0.2, 0) is 17.6 Å². The summed E-state index contributed by atoms with van der Waals surface area (Å²) in [5, 5.41) is 13.0. The van der Waals surface area contributed by atoms with E-state index in [9.17, 15) is 14.7 Å². The van der Waals surface area contributed by atoms with Gasteiger partial charge >= 0.3 is 5.97 Å². The summed E-state index contributed by atoms with van der Waals surface area (Å²) in [6.07, 6.45) is 2.63.